The maximum absolute atomic E-state index is 2.69. The smallest absolute Gasteiger partial charge is 0.0545 e. The molecule has 0 N–H and O–H groups in total. The molecular formula is C66H57N3. The number of para-hydroxylation sites is 4. The quantitative estimate of drug-likeness (QED) is 0.158. The highest BCUT2D eigenvalue weighted by atomic mass is 15.2. The fraction of sp³-hybridized carbons (Fsp3) is 0.182. The maximum atomic E-state index is 2.69. The molecule has 9 aromatic rings. The SMILES string of the molecule is CC1(C)c2ccccc2-c2ccc(N(c3ccccc3)c3cc4c5c(c3)C(C)(C)c3cc(-c6ccc(N(c7ccccc7)c7ccccc7)cc6)cc6c3N5c3c(cccc3C4(C)C)C6(C)C)cc21. The van der Waals surface area contributed by atoms with Gasteiger partial charge in [-0.1, -0.05) is 171 Å². The number of hydrogen-bond acceptors (Lipinski definition) is 3. The van der Waals surface area contributed by atoms with Crippen LogP contribution in [0.25, 0.3) is 22.3 Å². The Balaban J connectivity index is 1.01. The number of hydrogen-bond donors (Lipinski definition) is 0. The van der Waals surface area contributed by atoms with Crippen LogP contribution in [0.2, 0.25) is 0 Å². The van der Waals surface area contributed by atoms with E-state index >= 15 is 0 Å². The van der Waals surface area contributed by atoms with Crippen LogP contribution in [0.15, 0.2) is 200 Å². The maximum Gasteiger partial charge on any atom is 0.0545 e. The topological polar surface area (TPSA) is 9.72 Å². The van der Waals surface area contributed by atoms with Crippen molar-refractivity contribution in [2.45, 2.75) is 77.0 Å². The van der Waals surface area contributed by atoms with Crippen molar-refractivity contribution < 1.29 is 0 Å². The van der Waals surface area contributed by atoms with E-state index in [2.05, 4.69) is 270 Å². The summed E-state index contributed by atoms with van der Waals surface area (Å²) in [4.78, 5) is 7.55. The third-order valence-corrected chi connectivity index (χ3v) is 16.5. The first-order valence-electron chi connectivity index (χ1n) is 24.7. The normalized spacial score (nSPS) is 16.3. The van der Waals surface area contributed by atoms with Crippen LogP contribution in [0.3, 0.4) is 0 Å². The van der Waals surface area contributed by atoms with Gasteiger partial charge in [-0.3, -0.25) is 0 Å². The molecule has 0 unspecified atom stereocenters. The zero-order valence-corrected chi connectivity index (χ0v) is 40.9. The third kappa shape index (κ3) is 5.80. The summed E-state index contributed by atoms with van der Waals surface area (Å²) in [6.45, 7) is 19.5. The lowest BCUT2D eigenvalue weighted by molar-refractivity contribution is 0.567. The Morgan fingerprint density at radius 3 is 1.16 bits per heavy atom. The van der Waals surface area contributed by atoms with Gasteiger partial charge in [0.15, 0.2) is 0 Å². The molecule has 0 aromatic heterocycles. The first-order valence-corrected chi connectivity index (χ1v) is 24.7. The van der Waals surface area contributed by atoms with Gasteiger partial charge in [0.05, 0.1) is 17.1 Å². The van der Waals surface area contributed by atoms with Crippen molar-refractivity contribution in [3.8, 4) is 22.3 Å². The first kappa shape index (κ1) is 41.6. The Morgan fingerprint density at radius 1 is 0.261 bits per heavy atom. The molecule has 69 heavy (non-hydrogen) atoms. The van der Waals surface area contributed by atoms with Crippen molar-refractivity contribution in [3.05, 3.63) is 245 Å². The predicted molar refractivity (Wildman–Crippen MR) is 290 cm³/mol. The van der Waals surface area contributed by atoms with Crippen LogP contribution in [0, 0.1) is 0 Å². The summed E-state index contributed by atoms with van der Waals surface area (Å²) in [5, 5.41) is 0. The Kier molecular flexibility index (Phi) is 8.70. The number of anilines is 9. The number of nitrogens with zero attached hydrogens (tertiary/aromatic N) is 3. The van der Waals surface area contributed by atoms with Gasteiger partial charge in [0, 0.05) is 55.8 Å². The van der Waals surface area contributed by atoms with E-state index in [1.165, 1.54) is 95.2 Å². The fourth-order valence-electron chi connectivity index (χ4n) is 12.8. The molecule has 0 spiro atoms. The summed E-state index contributed by atoms with van der Waals surface area (Å²) >= 11 is 0. The monoisotopic (exact) mass is 891 g/mol. The van der Waals surface area contributed by atoms with E-state index in [1.54, 1.807) is 0 Å². The molecule has 9 aromatic carbocycles. The van der Waals surface area contributed by atoms with Gasteiger partial charge in [0.25, 0.3) is 0 Å². The largest absolute Gasteiger partial charge is 0.311 e. The second-order valence-corrected chi connectivity index (χ2v) is 21.8. The lowest BCUT2D eigenvalue weighted by atomic mass is 9.60. The summed E-state index contributed by atoms with van der Waals surface area (Å²) in [5.74, 6) is 0. The third-order valence-electron chi connectivity index (χ3n) is 16.5. The second-order valence-electron chi connectivity index (χ2n) is 21.8. The highest BCUT2D eigenvalue weighted by molar-refractivity contribution is 6.00. The molecule has 0 saturated carbocycles. The van der Waals surface area contributed by atoms with Gasteiger partial charge in [-0.15, -0.1) is 0 Å². The Bertz CT molecular complexity index is 3510. The lowest BCUT2D eigenvalue weighted by Gasteiger charge is -2.55. The minimum atomic E-state index is -0.353. The highest BCUT2D eigenvalue weighted by Gasteiger charge is 2.52. The second kappa shape index (κ2) is 14.5. The molecule has 1 aliphatic carbocycles. The summed E-state index contributed by atoms with van der Waals surface area (Å²) in [6, 6.07) is 74.9. The minimum Gasteiger partial charge on any atom is -0.311 e. The molecular weight excluding hydrogens is 835 g/mol. The molecule has 0 amide bonds. The van der Waals surface area contributed by atoms with Crippen LogP contribution in [0.4, 0.5) is 51.2 Å². The van der Waals surface area contributed by atoms with Crippen molar-refractivity contribution >= 4 is 51.2 Å². The van der Waals surface area contributed by atoms with Crippen LogP contribution in [0.1, 0.15) is 99.9 Å². The van der Waals surface area contributed by atoms with Gasteiger partial charge in [-0.25, -0.2) is 0 Å². The number of rotatable bonds is 7. The van der Waals surface area contributed by atoms with Gasteiger partial charge in [0.1, 0.15) is 0 Å². The Morgan fingerprint density at radius 2 is 0.623 bits per heavy atom. The van der Waals surface area contributed by atoms with Crippen LogP contribution >= 0.6 is 0 Å². The predicted octanol–water partition coefficient (Wildman–Crippen LogP) is 18.0. The first-order chi connectivity index (χ1) is 33.3. The standard InChI is InChI=1S/C66H57N3/c1-63(2)52-28-19-18-27-50(52)51-36-35-48(39-55(51)63)68(46-25-16-11-17-26-46)49-40-58-62-59(41-49)66(7,8)57-38-43(37-56-61(57)69(62)60-53(64(56,3)4)29-20-30-54(60)65(58,5)6)42-31-33-47(34-32-42)67(44-21-12-9-13-22-44)45-23-14-10-15-24-45/h9-41H,1-8H3. The average molecular weight is 892 g/mol. The van der Waals surface area contributed by atoms with Crippen molar-refractivity contribution in [1.82, 2.24) is 0 Å². The van der Waals surface area contributed by atoms with Crippen molar-refractivity contribution in [3.63, 3.8) is 0 Å². The van der Waals surface area contributed by atoms with Crippen LogP contribution < -0.4 is 14.7 Å². The Labute approximate surface area is 408 Å². The summed E-state index contributed by atoms with van der Waals surface area (Å²) < 4.78 is 0. The molecule has 0 saturated heterocycles. The van der Waals surface area contributed by atoms with E-state index < -0.39 is 0 Å². The number of benzene rings is 9. The van der Waals surface area contributed by atoms with Crippen molar-refractivity contribution in [2.75, 3.05) is 14.7 Å². The van der Waals surface area contributed by atoms with Crippen LogP contribution in [-0.4, -0.2) is 0 Å². The molecule has 13 rings (SSSR count). The van der Waals surface area contributed by atoms with Gasteiger partial charge in [-0.05, 0) is 152 Å². The zero-order valence-electron chi connectivity index (χ0n) is 40.9. The van der Waals surface area contributed by atoms with E-state index in [4.69, 9.17) is 0 Å². The van der Waals surface area contributed by atoms with E-state index in [-0.39, 0.29) is 21.7 Å². The average Bonchev–Trinajstić information content (AvgIpc) is 3.59. The van der Waals surface area contributed by atoms with Gasteiger partial charge < -0.3 is 14.7 Å². The molecule has 0 bridgehead atoms. The zero-order chi connectivity index (χ0) is 47.2. The van der Waals surface area contributed by atoms with Crippen molar-refractivity contribution in [2.24, 2.45) is 0 Å². The van der Waals surface area contributed by atoms with E-state index in [0.717, 1.165) is 22.7 Å². The molecule has 3 heterocycles. The molecule has 0 atom stereocenters. The van der Waals surface area contributed by atoms with E-state index in [0.29, 0.717) is 0 Å². The minimum absolute atomic E-state index is 0.123. The molecule has 336 valence electrons. The summed E-state index contributed by atoms with van der Waals surface area (Å²) in [6.07, 6.45) is 0. The van der Waals surface area contributed by atoms with Crippen LogP contribution in [-0.2, 0) is 21.7 Å². The molecule has 0 fully saturated rings. The Hall–Kier alpha value is -7.62. The van der Waals surface area contributed by atoms with Gasteiger partial charge in [0.2, 0.25) is 0 Å². The molecule has 3 aliphatic heterocycles. The van der Waals surface area contributed by atoms with Crippen LogP contribution in [0.5, 0.6) is 0 Å². The fourth-order valence-corrected chi connectivity index (χ4v) is 12.8. The molecule has 3 nitrogen and oxygen atoms in total. The molecule has 3 heteroatoms. The number of fused-ring (bicyclic) bond motifs is 3. The highest BCUT2D eigenvalue weighted by Crippen LogP contribution is 2.67. The molecule has 0 radical (unpaired) electrons. The summed E-state index contributed by atoms with van der Waals surface area (Å²) in [5.41, 5.74) is 26.0. The lowest BCUT2D eigenvalue weighted by Crippen LogP contribution is -2.43. The van der Waals surface area contributed by atoms with Crippen molar-refractivity contribution in [1.29, 1.82) is 0 Å². The van der Waals surface area contributed by atoms with Gasteiger partial charge >= 0.3 is 0 Å². The van der Waals surface area contributed by atoms with E-state index in [9.17, 15) is 0 Å². The van der Waals surface area contributed by atoms with Gasteiger partial charge in [-0.2, -0.15) is 0 Å². The van der Waals surface area contributed by atoms with E-state index in [1.807, 2.05) is 0 Å². The molecule has 4 aliphatic rings. The summed E-state index contributed by atoms with van der Waals surface area (Å²) in [7, 11) is 0.